The average molecular weight is 441 g/mol. The molecule has 0 aliphatic carbocycles. The number of H-pyrrole nitrogens is 1. The number of aliphatic carboxylic acids is 1. The van der Waals surface area contributed by atoms with Crippen LogP contribution in [-0.2, 0) is 32.0 Å². The first kappa shape index (κ1) is 23.0. The summed E-state index contributed by atoms with van der Waals surface area (Å²) in [4.78, 5) is 57.8. The van der Waals surface area contributed by atoms with E-state index in [1.807, 2.05) is 6.07 Å². The third-order valence-electron chi connectivity index (χ3n) is 5.39. The number of benzene rings is 1. The third-order valence-corrected chi connectivity index (χ3v) is 5.39. The Labute approximate surface area is 185 Å². The number of likely N-dealkylation sites (tertiary alicyclic amines) is 1. The average Bonchev–Trinajstić information content (AvgIpc) is 3.44. The van der Waals surface area contributed by atoms with Gasteiger partial charge in [-0.2, -0.15) is 0 Å². The van der Waals surface area contributed by atoms with E-state index in [0.717, 1.165) is 5.56 Å². The Morgan fingerprint density at radius 3 is 2.53 bits per heavy atom. The van der Waals surface area contributed by atoms with Crippen LogP contribution in [0.3, 0.4) is 0 Å². The van der Waals surface area contributed by atoms with E-state index in [0.29, 0.717) is 25.1 Å². The number of nitrogens with one attached hydrogen (secondary N) is 3. The number of carboxylic acids is 1. The Bertz CT molecular complexity index is 947. The molecule has 170 valence electrons. The van der Waals surface area contributed by atoms with Crippen LogP contribution in [0.5, 0.6) is 0 Å². The highest BCUT2D eigenvalue weighted by Gasteiger charge is 2.38. The summed E-state index contributed by atoms with van der Waals surface area (Å²) in [6, 6.07) is 6.25. The summed E-state index contributed by atoms with van der Waals surface area (Å²) >= 11 is 0. The van der Waals surface area contributed by atoms with Crippen molar-refractivity contribution in [3.63, 3.8) is 0 Å². The fourth-order valence-corrected chi connectivity index (χ4v) is 3.88. The highest BCUT2D eigenvalue weighted by Crippen LogP contribution is 2.20. The lowest BCUT2D eigenvalue weighted by Crippen LogP contribution is -2.56. The van der Waals surface area contributed by atoms with Crippen molar-refractivity contribution in [2.75, 3.05) is 6.54 Å². The minimum atomic E-state index is -1.14. The number of rotatable bonds is 9. The smallest absolute Gasteiger partial charge is 0.326 e. The number of carbonyl (C=O) groups is 4. The predicted molar refractivity (Wildman–Crippen MR) is 114 cm³/mol. The zero-order valence-electron chi connectivity index (χ0n) is 17.8. The molecule has 3 atom stereocenters. The van der Waals surface area contributed by atoms with Crippen LogP contribution in [0.25, 0.3) is 0 Å². The van der Waals surface area contributed by atoms with Gasteiger partial charge in [0.25, 0.3) is 0 Å². The van der Waals surface area contributed by atoms with Gasteiger partial charge < -0.3 is 25.6 Å². The maximum absolute atomic E-state index is 13.2. The lowest BCUT2D eigenvalue weighted by molar-refractivity contribution is -0.144. The Hall–Kier alpha value is -3.69. The van der Waals surface area contributed by atoms with Gasteiger partial charge in [-0.25, -0.2) is 9.78 Å². The molecule has 4 N–H and O–H groups in total. The van der Waals surface area contributed by atoms with Gasteiger partial charge in [-0.15, -0.1) is 0 Å². The molecule has 0 unspecified atom stereocenters. The van der Waals surface area contributed by atoms with E-state index in [-0.39, 0.29) is 24.7 Å². The van der Waals surface area contributed by atoms with Gasteiger partial charge in [-0.1, -0.05) is 30.3 Å². The van der Waals surface area contributed by atoms with Gasteiger partial charge in [-0.05, 0) is 18.4 Å². The second kappa shape index (κ2) is 10.6. The van der Waals surface area contributed by atoms with E-state index >= 15 is 0 Å². The fraction of sp³-hybridized carbons (Fsp3) is 0.409. The quantitative estimate of drug-likeness (QED) is 0.439. The lowest BCUT2D eigenvalue weighted by Gasteiger charge is -2.29. The highest BCUT2D eigenvalue weighted by molar-refractivity contribution is 5.93. The lowest BCUT2D eigenvalue weighted by atomic mass is 10.0. The summed E-state index contributed by atoms with van der Waals surface area (Å²) in [6.07, 6.45) is 4.42. The summed E-state index contributed by atoms with van der Waals surface area (Å²) in [5.41, 5.74) is 1.45. The maximum Gasteiger partial charge on any atom is 0.326 e. The van der Waals surface area contributed by atoms with Crippen molar-refractivity contribution in [3.8, 4) is 0 Å². The monoisotopic (exact) mass is 441 g/mol. The van der Waals surface area contributed by atoms with Crippen LogP contribution in [0.2, 0.25) is 0 Å². The second-order valence-electron chi connectivity index (χ2n) is 7.81. The van der Waals surface area contributed by atoms with Gasteiger partial charge in [-0.3, -0.25) is 14.4 Å². The summed E-state index contributed by atoms with van der Waals surface area (Å²) in [7, 11) is 0. The molecule has 1 aliphatic rings. The first-order valence-electron chi connectivity index (χ1n) is 10.5. The normalized spacial score (nSPS) is 17.4. The third kappa shape index (κ3) is 5.93. The molecule has 10 nitrogen and oxygen atoms in total. The van der Waals surface area contributed by atoms with Gasteiger partial charge in [0.1, 0.15) is 18.1 Å². The van der Waals surface area contributed by atoms with Crippen molar-refractivity contribution in [1.82, 2.24) is 25.5 Å². The first-order valence-corrected chi connectivity index (χ1v) is 10.5. The van der Waals surface area contributed by atoms with Crippen LogP contribution in [-0.4, -0.2) is 68.3 Å². The molecule has 1 aromatic carbocycles. The van der Waals surface area contributed by atoms with Gasteiger partial charge in [0.2, 0.25) is 17.7 Å². The number of carbonyl (C=O) groups excluding carboxylic acids is 3. The van der Waals surface area contributed by atoms with Gasteiger partial charge in [0.05, 0.1) is 6.33 Å². The van der Waals surface area contributed by atoms with E-state index < -0.39 is 30.0 Å². The number of nitrogens with zero attached hydrogens (tertiary/aromatic N) is 2. The molecule has 1 aromatic heterocycles. The molecule has 3 amide bonds. The van der Waals surface area contributed by atoms with Crippen LogP contribution in [0.15, 0.2) is 42.9 Å². The SMILES string of the molecule is CC(=O)N[C@@H](Cc1cnc[nH]1)C(=O)N1CCC[C@H]1C(=O)N[C@@H](Cc1ccccc1)C(=O)O. The summed E-state index contributed by atoms with van der Waals surface area (Å²) in [6.45, 7) is 1.68. The van der Waals surface area contributed by atoms with Crippen LogP contribution >= 0.6 is 0 Å². The van der Waals surface area contributed by atoms with Gasteiger partial charge >= 0.3 is 5.97 Å². The zero-order chi connectivity index (χ0) is 23.1. The van der Waals surface area contributed by atoms with E-state index in [1.165, 1.54) is 18.2 Å². The van der Waals surface area contributed by atoms with Crippen molar-refractivity contribution < 1.29 is 24.3 Å². The Kier molecular flexibility index (Phi) is 7.58. The van der Waals surface area contributed by atoms with Gasteiger partial charge in [0.15, 0.2) is 0 Å². The standard InChI is InChI=1S/C22H27N5O5/c1-14(28)25-17(11-16-12-23-13-24-16)21(30)27-9-5-8-19(27)20(29)26-18(22(31)32)10-15-6-3-2-4-7-15/h2-4,6-7,12-13,17-19H,5,8-11H2,1H3,(H,23,24)(H,25,28)(H,26,29)(H,31,32)/t17-,18-,19-/m0/s1. The minimum Gasteiger partial charge on any atom is -0.480 e. The van der Waals surface area contributed by atoms with Crippen LogP contribution < -0.4 is 10.6 Å². The molecule has 10 heteroatoms. The molecule has 32 heavy (non-hydrogen) atoms. The molecule has 3 rings (SSSR count). The molecule has 2 heterocycles. The van der Waals surface area contributed by atoms with E-state index in [2.05, 4.69) is 20.6 Å². The summed E-state index contributed by atoms with van der Waals surface area (Å²) in [5, 5.41) is 14.8. The zero-order valence-corrected chi connectivity index (χ0v) is 17.8. The highest BCUT2D eigenvalue weighted by atomic mass is 16.4. The molecule has 1 aliphatic heterocycles. The molecule has 1 fully saturated rings. The number of imidazole rings is 1. The largest absolute Gasteiger partial charge is 0.480 e. The maximum atomic E-state index is 13.2. The van der Waals surface area contributed by atoms with Crippen molar-refractivity contribution >= 4 is 23.7 Å². The number of aromatic nitrogens is 2. The molecule has 0 saturated carbocycles. The van der Waals surface area contributed by atoms with E-state index in [1.54, 1.807) is 30.5 Å². The number of hydrogen-bond donors (Lipinski definition) is 4. The van der Waals surface area contributed by atoms with E-state index in [9.17, 15) is 24.3 Å². The van der Waals surface area contributed by atoms with Crippen LogP contribution in [0, 0.1) is 0 Å². The van der Waals surface area contributed by atoms with Crippen LogP contribution in [0.4, 0.5) is 0 Å². The number of amides is 3. The second-order valence-corrected chi connectivity index (χ2v) is 7.81. The predicted octanol–water partition coefficient (Wildman–Crippen LogP) is 0.260. The number of hydrogen-bond acceptors (Lipinski definition) is 5. The van der Waals surface area contributed by atoms with Crippen molar-refractivity contribution in [3.05, 3.63) is 54.1 Å². The minimum absolute atomic E-state index is 0.136. The van der Waals surface area contributed by atoms with Gasteiger partial charge in [0, 0.05) is 38.2 Å². The van der Waals surface area contributed by atoms with E-state index in [4.69, 9.17) is 0 Å². The van der Waals surface area contributed by atoms with Crippen molar-refractivity contribution in [2.45, 2.75) is 50.7 Å². The summed E-state index contributed by atoms with van der Waals surface area (Å²) < 4.78 is 0. The number of carboxylic acid groups (broad SMARTS) is 1. The Morgan fingerprint density at radius 1 is 1.16 bits per heavy atom. The summed E-state index contributed by atoms with van der Waals surface area (Å²) in [5.74, 6) is -2.41. The van der Waals surface area contributed by atoms with Crippen molar-refractivity contribution in [1.29, 1.82) is 0 Å². The first-order chi connectivity index (χ1) is 15.3. The molecule has 1 saturated heterocycles. The molecule has 0 spiro atoms. The Balaban J connectivity index is 1.70. The number of aromatic amines is 1. The molecule has 2 aromatic rings. The molecule has 0 bridgehead atoms. The topological polar surface area (TPSA) is 144 Å². The van der Waals surface area contributed by atoms with Crippen molar-refractivity contribution in [2.24, 2.45) is 0 Å². The molecular formula is C22H27N5O5. The molecule has 0 radical (unpaired) electrons. The molecular weight excluding hydrogens is 414 g/mol. The van der Waals surface area contributed by atoms with Crippen LogP contribution in [0.1, 0.15) is 31.0 Å². The fourth-order valence-electron chi connectivity index (χ4n) is 3.88. The Morgan fingerprint density at radius 2 is 1.91 bits per heavy atom.